The number of carbonyl (C=O) groups is 1. The smallest absolute Gasteiger partial charge is 0.264 e. The van der Waals surface area contributed by atoms with Gasteiger partial charge in [0.15, 0.2) is 0 Å². The van der Waals surface area contributed by atoms with Crippen molar-refractivity contribution in [3.63, 3.8) is 0 Å². The van der Waals surface area contributed by atoms with E-state index in [1.165, 1.54) is 16.3 Å². The SMILES string of the molecule is COc1ccc(N(CCC(=O)N(C)CCC#N)S(=O)(=O)c2ccc(C)cc2C)cc1. The Labute approximate surface area is 178 Å². The summed E-state index contributed by atoms with van der Waals surface area (Å²) in [6, 6.07) is 13.8. The fraction of sp³-hybridized carbons (Fsp3) is 0.364. The first-order valence-corrected chi connectivity index (χ1v) is 11.0. The van der Waals surface area contributed by atoms with Crippen LogP contribution in [0.5, 0.6) is 5.75 Å². The molecule has 0 bridgehead atoms. The number of aryl methyl sites for hydroxylation is 2. The van der Waals surface area contributed by atoms with Crippen molar-refractivity contribution in [1.29, 1.82) is 5.26 Å². The molecule has 7 nitrogen and oxygen atoms in total. The van der Waals surface area contributed by atoms with Crippen LogP contribution in [0.1, 0.15) is 24.0 Å². The van der Waals surface area contributed by atoms with Crippen molar-refractivity contribution in [2.24, 2.45) is 0 Å². The second kappa shape index (κ2) is 10.1. The van der Waals surface area contributed by atoms with E-state index in [1.807, 2.05) is 19.1 Å². The van der Waals surface area contributed by atoms with Gasteiger partial charge in [0, 0.05) is 26.6 Å². The average molecular weight is 430 g/mol. The van der Waals surface area contributed by atoms with Crippen LogP contribution >= 0.6 is 0 Å². The minimum atomic E-state index is -3.89. The number of benzene rings is 2. The second-order valence-corrected chi connectivity index (χ2v) is 8.85. The monoisotopic (exact) mass is 429 g/mol. The molecule has 160 valence electrons. The molecule has 0 aromatic heterocycles. The number of carbonyl (C=O) groups excluding carboxylic acids is 1. The highest BCUT2D eigenvalue weighted by molar-refractivity contribution is 7.92. The number of anilines is 1. The van der Waals surface area contributed by atoms with E-state index in [0.717, 1.165) is 5.56 Å². The number of hydrogen-bond donors (Lipinski definition) is 0. The lowest BCUT2D eigenvalue weighted by atomic mass is 10.2. The molecule has 0 saturated heterocycles. The van der Waals surface area contributed by atoms with Crippen LogP contribution in [-0.2, 0) is 14.8 Å². The Bertz CT molecular complexity index is 1030. The molecule has 8 heteroatoms. The van der Waals surface area contributed by atoms with Gasteiger partial charge in [-0.3, -0.25) is 9.10 Å². The Morgan fingerprint density at radius 2 is 1.77 bits per heavy atom. The Balaban J connectivity index is 2.38. The van der Waals surface area contributed by atoms with E-state index in [0.29, 0.717) is 23.5 Å². The fourth-order valence-corrected chi connectivity index (χ4v) is 4.75. The van der Waals surface area contributed by atoms with Gasteiger partial charge in [-0.15, -0.1) is 0 Å². The quantitative estimate of drug-likeness (QED) is 0.610. The molecule has 1 amide bonds. The van der Waals surface area contributed by atoms with Gasteiger partial charge in [-0.05, 0) is 49.7 Å². The summed E-state index contributed by atoms with van der Waals surface area (Å²) in [6.45, 7) is 3.95. The Hall–Kier alpha value is -3.05. The summed E-state index contributed by atoms with van der Waals surface area (Å²) in [5.74, 6) is 0.384. The number of rotatable bonds is 9. The maximum Gasteiger partial charge on any atom is 0.264 e. The lowest BCUT2D eigenvalue weighted by molar-refractivity contribution is -0.129. The number of sulfonamides is 1. The highest BCUT2D eigenvalue weighted by atomic mass is 32.2. The molecule has 0 heterocycles. The van der Waals surface area contributed by atoms with Crippen LogP contribution in [0.25, 0.3) is 0 Å². The van der Waals surface area contributed by atoms with E-state index >= 15 is 0 Å². The van der Waals surface area contributed by atoms with Crippen molar-refractivity contribution in [1.82, 2.24) is 4.90 Å². The molecule has 0 saturated carbocycles. The molecule has 0 atom stereocenters. The third-order valence-corrected chi connectivity index (χ3v) is 6.76. The molecule has 30 heavy (non-hydrogen) atoms. The highest BCUT2D eigenvalue weighted by Crippen LogP contribution is 2.28. The molecule has 0 radical (unpaired) electrons. The molecule has 0 aliphatic heterocycles. The van der Waals surface area contributed by atoms with Crippen molar-refractivity contribution in [2.75, 3.05) is 31.6 Å². The molecule has 0 N–H and O–H groups in total. The normalized spacial score (nSPS) is 10.9. The van der Waals surface area contributed by atoms with Crippen LogP contribution in [-0.4, -0.2) is 46.5 Å². The van der Waals surface area contributed by atoms with Gasteiger partial charge in [-0.2, -0.15) is 5.26 Å². The summed E-state index contributed by atoms with van der Waals surface area (Å²) in [7, 11) is -0.746. The maximum absolute atomic E-state index is 13.5. The largest absolute Gasteiger partial charge is 0.497 e. The van der Waals surface area contributed by atoms with Crippen LogP contribution in [0.2, 0.25) is 0 Å². The van der Waals surface area contributed by atoms with Crippen molar-refractivity contribution in [3.05, 3.63) is 53.6 Å². The van der Waals surface area contributed by atoms with Crippen LogP contribution in [0.15, 0.2) is 47.4 Å². The van der Waals surface area contributed by atoms with Crippen LogP contribution in [0.4, 0.5) is 5.69 Å². The van der Waals surface area contributed by atoms with Gasteiger partial charge in [0.25, 0.3) is 10.0 Å². The minimum absolute atomic E-state index is 0.00189. The molecule has 2 aromatic carbocycles. The van der Waals surface area contributed by atoms with E-state index in [9.17, 15) is 13.2 Å². The Morgan fingerprint density at radius 1 is 1.10 bits per heavy atom. The van der Waals surface area contributed by atoms with Gasteiger partial charge in [0.05, 0.1) is 30.2 Å². The van der Waals surface area contributed by atoms with E-state index in [1.54, 1.807) is 50.4 Å². The standard InChI is InChI=1S/C22H27N3O4S/c1-17-6-11-21(18(2)16-17)30(27,28)25(19-7-9-20(29-4)10-8-19)15-12-22(26)24(3)14-5-13-23/h6-11,16H,5,12,14-15H2,1-4H3. The summed E-state index contributed by atoms with van der Waals surface area (Å²) in [5.41, 5.74) is 2.06. The van der Waals surface area contributed by atoms with E-state index in [4.69, 9.17) is 10.00 Å². The van der Waals surface area contributed by atoms with Gasteiger partial charge in [0.1, 0.15) is 5.75 Å². The fourth-order valence-electron chi connectivity index (χ4n) is 3.07. The number of nitrogens with zero attached hydrogens (tertiary/aromatic N) is 3. The molecule has 0 fully saturated rings. The predicted octanol–water partition coefficient (Wildman–Crippen LogP) is 3.27. The average Bonchev–Trinajstić information content (AvgIpc) is 2.71. The van der Waals surface area contributed by atoms with Gasteiger partial charge in [-0.25, -0.2) is 8.42 Å². The molecular formula is C22H27N3O4S. The van der Waals surface area contributed by atoms with Gasteiger partial charge in [-0.1, -0.05) is 17.7 Å². The summed E-state index contributed by atoms with van der Waals surface area (Å²) >= 11 is 0. The molecule has 2 aromatic rings. The molecule has 0 aliphatic rings. The van der Waals surface area contributed by atoms with E-state index in [-0.39, 0.29) is 30.2 Å². The Kier molecular flexibility index (Phi) is 7.84. The molecule has 0 aliphatic carbocycles. The lowest BCUT2D eigenvalue weighted by Gasteiger charge is -2.26. The zero-order chi connectivity index (χ0) is 22.3. The third-order valence-electron chi connectivity index (χ3n) is 4.77. The van der Waals surface area contributed by atoms with E-state index in [2.05, 4.69) is 0 Å². The number of hydrogen-bond acceptors (Lipinski definition) is 5. The first-order chi connectivity index (χ1) is 14.2. The highest BCUT2D eigenvalue weighted by Gasteiger charge is 2.27. The minimum Gasteiger partial charge on any atom is -0.497 e. The molecule has 0 spiro atoms. The maximum atomic E-state index is 13.5. The number of methoxy groups -OCH3 is 1. The predicted molar refractivity (Wildman–Crippen MR) is 116 cm³/mol. The molecule has 2 rings (SSSR count). The number of nitriles is 1. The van der Waals surface area contributed by atoms with Crippen LogP contribution in [0.3, 0.4) is 0 Å². The summed E-state index contributed by atoms with van der Waals surface area (Å²) in [4.78, 5) is 14.1. The number of amides is 1. The van der Waals surface area contributed by atoms with Gasteiger partial charge >= 0.3 is 0 Å². The van der Waals surface area contributed by atoms with E-state index < -0.39 is 10.0 Å². The van der Waals surface area contributed by atoms with Crippen LogP contribution in [0, 0.1) is 25.2 Å². The number of ether oxygens (including phenoxy) is 1. The molecular weight excluding hydrogens is 402 g/mol. The van der Waals surface area contributed by atoms with Gasteiger partial charge in [0.2, 0.25) is 5.91 Å². The second-order valence-electron chi connectivity index (χ2n) is 7.02. The van der Waals surface area contributed by atoms with Crippen molar-refractivity contribution < 1.29 is 17.9 Å². The molecule has 0 unspecified atom stereocenters. The van der Waals surface area contributed by atoms with Crippen molar-refractivity contribution in [2.45, 2.75) is 31.6 Å². The Morgan fingerprint density at radius 3 is 2.33 bits per heavy atom. The summed E-state index contributed by atoms with van der Waals surface area (Å²) in [5, 5.41) is 8.70. The lowest BCUT2D eigenvalue weighted by Crippen LogP contribution is -2.36. The first-order valence-electron chi connectivity index (χ1n) is 9.55. The van der Waals surface area contributed by atoms with Crippen molar-refractivity contribution in [3.8, 4) is 11.8 Å². The van der Waals surface area contributed by atoms with Gasteiger partial charge < -0.3 is 9.64 Å². The first kappa shape index (κ1) is 23.2. The zero-order valence-corrected chi connectivity index (χ0v) is 18.6. The third kappa shape index (κ3) is 5.51. The topological polar surface area (TPSA) is 90.7 Å². The summed E-state index contributed by atoms with van der Waals surface area (Å²) < 4.78 is 33.4. The summed E-state index contributed by atoms with van der Waals surface area (Å²) in [6.07, 6.45) is 0.226. The van der Waals surface area contributed by atoms with Crippen LogP contribution < -0.4 is 9.04 Å². The van der Waals surface area contributed by atoms with Crippen molar-refractivity contribution >= 4 is 21.6 Å². The zero-order valence-electron chi connectivity index (χ0n) is 17.8.